The fourth-order valence-corrected chi connectivity index (χ4v) is 2.71. The van der Waals surface area contributed by atoms with Gasteiger partial charge in [-0.15, -0.1) is 0 Å². The summed E-state index contributed by atoms with van der Waals surface area (Å²) in [5.74, 6) is 2.35. The van der Waals surface area contributed by atoms with E-state index in [2.05, 4.69) is 11.5 Å². The van der Waals surface area contributed by atoms with Crippen molar-refractivity contribution in [3.05, 3.63) is 23.3 Å². The van der Waals surface area contributed by atoms with Crippen LogP contribution in [-0.4, -0.2) is 27.4 Å². The Morgan fingerprint density at radius 1 is 1.26 bits per heavy atom. The van der Waals surface area contributed by atoms with Crippen LogP contribution >= 0.6 is 0 Å². The van der Waals surface area contributed by atoms with Gasteiger partial charge in [-0.25, -0.2) is 5.48 Å². The molecule has 0 amide bonds. The van der Waals surface area contributed by atoms with E-state index < -0.39 is 0 Å². The second kappa shape index (κ2) is 6.78. The molecule has 1 aliphatic carbocycles. The van der Waals surface area contributed by atoms with E-state index in [0.717, 1.165) is 37.3 Å². The molecule has 1 aromatic carbocycles. The summed E-state index contributed by atoms with van der Waals surface area (Å²) in [6.45, 7) is 3.59. The Balaban J connectivity index is 2.09. The molecule has 2 rings (SSSR count). The lowest BCUT2D eigenvalue weighted by Gasteiger charge is -2.26. The van der Waals surface area contributed by atoms with E-state index in [-0.39, 0.29) is 0 Å². The first-order valence-corrected chi connectivity index (χ1v) is 6.87. The average Bonchev–Trinajstić information content (AvgIpc) is 2.46. The highest BCUT2D eigenvalue weighted by atomic mass is 16.6. The summed E-state index contributed by atoms with van der Waals surface area (Å²) in [6.07, 6.45) is 3.25. The molecule has 106 valence electrons. The van der Waals surface area contributed by atoms with E-state index in [9.17, 15) is 0 Å². The van der Waals surface area contributed by atoms with Gasteiger partial charge in [0.15, 0.2) is 11.5 Å². The van der Waals surface area contributed by atoms with E-state index in [1.165, 1.54) is 11.1 Å². The molecule has 0 saturated heterocycles. The van der Waals surface area contributed by atoms with Gasteiger partial charge in [0.2, 0.25) is 0 Å². The summed E-state index contributed by atoms with van der Waals surface area (Å²) in [6, 6.07) is 4.15. The minimum absolute atomic E-state index is 0.622. The Morgan fingerprint density at radius 2 is 2.11 bits per heavy atom. The van der Waals surface area contributed by atoms with Crippen molar-refractivity contribution in [3.63, 3.8) is 0 Å². The summed E-state index contributed by atoms with van der Waals surface area (Å²) in [4.78, 5) is 5.21. The number of methoxy groups -OCH3 is 2. The van der Waals surface area contributed by atoms with Crippen molar-refractivity contribution in [2.24, 2.45) is 5.92 Å². The smallest absolute Gasteiger partial charge is 0.164 e. The normalized spacial score (nSPS) is 17.9. The topological polar surface area (TPSA) is 39.7 Å². The molecule has 4 nitrogen and oxygen atoms in total. The van der Waals surface area contributed by atoms with Crippen molar-refractivity contribution in [1.29, 1.82) is 0 Å². The van der Waals surface area contributed by atoms with E-state index in [1.807, 2.05) is 13.0 Å². The van der Waals surface area contributed by atoms with Gasteiger partial charge < -0.3 is 14.3 Å². The van der Waals surface area contributed by atoms with Gasteiger partial charge in [0, 0.05) is 12.1 Å². The van der Waals surface area contributed by atoms with Crippen molar-refractivity contribution in [3.8, 4) is 11.5 Å². The minimum atomic E-state index is 0.622. The molecule has 1 atom stereocenters. The van der Waals surface area contributed by atoms with Crippen LogP contribution in [0.1, 0.15) is 24.5 Å². The molecule has 1 N–H and O–H groups in total. The molecule has 0 saturated carbocycles. The summed E-state index contributed by atoms with van der Waals surface area (Å²) >= 11 is 0. The van der Waals surface area contributed by atoms with Crippen molar-refractivity contribution >= 4 is 0 Å². The van der Waals surface area contributed by atoms with E-state index in [0.29, 0.717) is 12.5 Å². The Bertz CT molecular complexity index is 420. The average molecular weight is 265 g/mol. The van der Waals surface area contributed by atoms with E-state index in [1.54, 1.807) is 14.2 Å². The van der Waals surface area contributed by atoms with Gasteiger partial charge in [-0.3, -0.25) is 0 Å². The lowest BCUT2D eigenvalue weighted by molar-refractivity contribution is 0.0401. The van der Waals surface area contributed by atoms with Crippen LogP contribution in [0.15, 0.2) is 12.1 Å². The van der Waals surface area contributed by atoms with Crippen LogP contribution in [0.4, 0.5) is 0 Å². The lowest BCUT2D eigenvalue weighted by atomic mass is 9.83. The van der Waals surface area contributed by atoms with E-state index >= 15 is 0 Å². The zero-order chi connectivity index (χ0) is 13.7. The minimum Gasteiger partial charge on any atom is -0.493 e. The molecular formula is C15H23NO3. The van der Waals surface area contributed by atoms with Crippen LogP contribution in [0.25, 0.3) is 0 Å². The van der Waals surface area contributed by atoms with Gasteiger partial charge >= 0.3 is 0 Å². The highest BCUT2D eigenvalue weighted by molar-refractivity contribution is 5.51. The standard InChI is InChI=1S/C15H23NO3/c1-4-19-16-10-11-5-7-13-12(9-11)6-8-14(17-2)15(13)18-3/h6,8,11,16H,4-5,7,9-10H2,1-3H3. The number of rotatable bonds is 6. The molecule has 0 spiro atoms. The van der Waals surface area contributed by atoms with Crippen molar-refractivity contribution in [2.75, 3.05) is 27.4 Å². The van der Waals surface area contributed by atoms with E-state index in [4.69, 9.17) is 14.3 Å². The molecule has 1 unspecified atom stereocenters. The zero-order valence-electron chi connectivity index (χ0n) is 12.0. The molecule has 4 heteroatoms. The molecule has 1 aromatic rings. The maximum Gasteiger partial charge on any atom is 0.164 e. The molecule has 19 heavy (non-hydrogen) atoms. The molecule has 0 radical (unpaired) electrons. The van der Waals surface area contributed by atoms with Crippen LogP contribution in [0.2, 0.25) is 0 Å². The molecule has 0 aliphatic heterocycles. The van der Waals surface area contributed by atoms with Gasteiger partial charge in [-0.1, -0.05) is 6.07 Å². The second-order valence-corrected chi connectivity index (χ2v) is 4.83. The predicted octanol–water partition coefficient (Wildman–Crippen LogP) is 2.35. The van der Waals surface area contributed by atoms with Gasteiger partial charge in [-0.05, 0) is 43.7 Å². The number of ether oxygens (including phenoxy) is 2. The predicted molar refractivity (Wildman–Crippen MR) is 74.7 cm³/mol. The molecular weight excluding hydrogens is 242 g/mol. The van der Waals surface area contributed by atoms with Crippen molar-refractivity contribution < 1.29 is 14.3 Å². The van der Waals surface area contributed by atoms with Crippen LogP contribution in [0.3, 0.4) is 0 Å². The fourth-order valence-electron chi connectivity index (χ4n) is 2.71. The Hall–Kier alpha value is -1.26. The quantitative estimate of drug-likeness (QED) is 0.633. The maximum atomic E-state index is 5.50. The first-order valence-electron chi connectivity index (χ1n) is 6.87. The fraction of sp³-hybridized carbons (Fsp3) is 0.600. The number of fused-ring (bicyclic) bond motifs is 1. The third-order valence-electron chi connectivity index (χ3n) is 3.68. The molecule has 0 bridgehead atoms. The third-order valence-corrected chi connectivity index (χ3v) is 3.68. The highest BCUT2D eigenvalue weighted by Crippen LogP contribution is 2.38. The molecule has 1 aliphatic rings. The van der Waals surface area contributed by atoms with Crippen molar-refractivity contribution in [2.45, 2.75) is 26.2 Å². The largest absolute Gasteiger partial charge is 0.493 e. The Kier molecular flexibility index (Phi) is 5.05. The number of hydrogen-bond donors (Lipinski definition) is 1. The SMILES string of the molecule is CCONCC1CCc2c(ccc(OC)c2OC)C1. The van der Waals surface area contributed by atoms with Crippen molar-refractivity contribution in [1.82, 2.24) is 5.48 Å². The maximum absolute atomic E-state index is 5.50. The number of hydroxylamine groups is 1. The molecule has 0 fully saturated rings. The molecule has 0 aromatic heterocycles. The zero-order valence-corrected chi connectivity index (χ0v) is 12.0. The number of benzene rings is 1. The van der Waals surface area contributed by atoms with Gasteiger partial charge in [0.05, 0.1) is 20.8 Å². The van der Waals surface area contributed by atoms with Crippen LogP contribution in [0.5, 0.6) is 11.5 Å². The third kappa shape index (κ3) is 3.19. The van der Waals surface area contributed by atoms with Gasteiger partial charge in [-0.2, -0.15) is 0 Å². The monoisotopic (exact) mass is 265 g/mol. The Morgan fingerprint density at radius 3 is 2.79 bits per heavy atom. The first-order chi connectivity index (χ1) is 9.30. The highest BCUT2D eigenvalue weighted by Gasteiger charge is 2.23. The van der Waals surface area contributed by atoms with Gasteiger partial charge in [0.1, 0.15) is 0 Å². The summed E-state index contributed by atoms with van der Waals surface area (Å²) in [5, 5.41) is 0. The molecule has 0 heterocycles. The number of hydrogen-bond acceptors (Lipinski definition) is 4. The summed E-state index contributed by atoms with van der Waals surface area (Å²) in [7, 11) is 3.39. The van der Waals surface area contributed by atoms with Gasteiger partial charge in [0.25, 0.3) is 0 Å². The first kappa shape index (κ1) is 14.2. The van der Waals surface area contributed by atoms with Crippen LogP contribution in [0, 0.1) is 5.92 Å². The van der Waals surface area contributed by atoms with Crippen LogP contribution < -0.4 is 15.0 Å². The number of nitrogens with one attached hydrogen (secondary N) is 1. The summed E-state index contributed by atoms with van der Waals surface area (Å²) in [5.41, 5.74) is 5.70. The summed E-state index contributed by atoms with van der Waals surface area (Å²) < 4.78 is 10.9. The Labute approximate surface area is 115 Å². The lowest BCUT2D eigenvalue weighted by Crippen LogP contribution is -2.27. The second-order valence-electron chi connectivity index (χ2n) is 4.83. The van der Waals surface area contributed by atoms with Crippen LogP contribution in [-0.2, 0) is 17.7 Å².